The molecule has 0 bridgehead atoms. The van der Waals surface area contributed by atoms with Gasteiger partial charge < -0.3 is 4.52 Å². The van der Waals surface area contributed by atoms with E-state index in [-0.39, 0.29) is 0 Å². The van der Waals surface area contributed by atoms with Gasteiger partial charge in [-0.2, -0.15) is 10.1 Å². The van der Waals surface area contributed by atoms with Crippen LogP contribution in [0.25, 0.3) is 16.9 Å². The second kappa shape index (κ2) is 5.97. The summed E-state index contributed by atoms with van der Waals surface area (Å²) in [6, 6.07) is 6.26. The van der Waals surface area contributed by atoms with Crippen molar-refractivity contribution < 1.29 is 4.52 Å². The molecule has 0 N–H and O–H groups in total. The maximum Gasteiger partial charge on any atom is 0.223 e. The van der Waals surface area contributed by atoms with Gasteiger partial charge in [0.1, 0.15) is 12.2 Å². The molecule has 0 saturated heterocycles. The average Bonchev–Trinajstić information content (AvgIpc) is 3.31. The minimum atomic E-state index is 0.412. The number of rotatable bonds is 4. The fourth-order valence-electron chi connectivity index (χ4n) is 2.52. The molecule has 4 aromatic rings. The van der Waals surface area contributed by atoms with Crippen LogP contribution in [0.4, 0.5) is 0 Å². The average molecular weight is 335 g/mol. The Morgan fingerprint density at radius 1 is 1.08 bits per heavy atom. The molecule has 4 rings (SSSR count). The van der Waals surface area contributed by atoms with E-state index in [1.165, 1.54) is 11.1 Å². The van der Waals surface area contributed by atoms with Gasteiger partial charge in [0, 0.05) is 18.7 Å². The summed E-state index contributed by atoms with van der Waals surface area (Å²) in [4.78, 5) is 4.16. The van der Waals surface area contributed by atoms with Gasteiger partial charge in [0.2, 0.25) is 5.89 Å². The third kappa shape index (κ3) is 3.06. The summed E-state index contributed by atoms with van der Waals surface area (Å²) in [5.41, 5.74) is 5.15. The molecule has 8 heteroatoms. The molecule has 0 aliphatic heterocycles. The SMILES string of the molecule is Cc1nc(Cn2cc(-c3cnn(-c4ccc(C)c(C)c4)c3)nn2)no1. The van der Waals surface area contributed by atoms with Gasteiger partial charge in [0.05, 0.1) is 18.1 Å². The highest BCUT2D eigenvalue weighted by Crippen LogP contribution is 2.19. The minimum absolute atomic E-state index is 0.412. The first-order valence-electron chi connectivity index (χ1n) is 7.90. The van der Waals surface area contributed by atoms with E-state index >= 15 is 0 Å². The molecule has 1 aromatic carbocycles. The zero-order valence-corrected chi connectivity index (χ0v) is 14.2. The molecule has 0 spiro atoms. The van der Waals surface area contributed by atoms with Crippen molar-refractivity contribution in [3.05, 3.63) is 59.6 Å². The predicted octanol–water partition coefficient (Wildman–Crippen LogP) is 2.49. The quantitative estimate of drug-likeness (QED) is 0.569. The van der Waals surface area contributed by atoms with Crippen LogP contribution >= 0.6 is 0 Å². The Kier molecular flexibility index (Phi) is 3.64. The Balaban J connectivity index is 1.57. The minimum Gasteiger partial charge on any atom is -0.340 e. The second-order valence-electron chi connectivity index (χ2n) is 5.97. The van der Waals surface area contributed by atoms with Gasteiger partial charge >= 0.3 is 0 Å². The summed E-state index contributed by atoms with van der Waals surface area (Å²) >= 11 is 0. The van der Waals surface area contributed by atoms with Gasteiger partial charge in [-0.15, -0.1) is 5.10 Å². The maximum atomic E-state index is 4.96. The summed E-state index contributed by atoms with van der Waals surface area (Å²) in [6.07, 6.45) is 5.56. The van der Waals surface area contributed by atoms with Crippen LogP contribution in [-0.4, -0.2) is 34.9 Å². The Hall–Kier alpha value is -3.29. The summed E-state index contributed by atoms with van der Waals surface area (Å²) in [5.74, 6) is 1.10. The van der Waals surface area contributed by atoms with Gasteiger partial charge in [-0.3, -0.25) is 0 Å². The van der Waals surface area contributed by atoms with Crippen LogP contribution in [0.1, 0.15) is 22.8 Å². The van der Waals surface area contributed by atoms with Crippen LogP contribution in [0.5, 0.6) is 0 Å². The zero-order chi connectivity index (χ0) is 17.4. The Labute approximate surface area is 144 Å². The van der Waals surface area contributed by atoms with Crippen LogP contribution in [0.2, 0.25) is 0 Å². The molecule has 3 aromatic heterocycles. The first-order chi connectivity index (χ1) is 12.1. The fraction of sp³-hybridized carbons (Fsp3) is 0.235. The Morgan fingerprint density at radius 3 is 2.72 bits per heavy atom. The third-order valence-electron chi connectivity index (χ3n) is 4.05. The molecular formula is C17H17N7O. The largest absolute Gasteiger partial charge is 0.340 e. The number of hydrogen-bond acceptors (Lipinski definition) is 6. The van der Waals surface area contributed by atoms with E-state index in [9.17, 15) is 0 Å². The van der Waals surface area contributed by atoms with E-state index in [1.54, 1.807) is 17.8 Å². The molecule has 8 nitrogen and oxygen atoms in total. The molecule has 3 heterocycles. The molecule has 0 radical (unpaired) electrons. The van der Waals surface area contributed by atoms with E-state index in [2.05, 4.69) is 57.6 Å². The molecule has 0 amide bonds. The Morgan fingerprint density at radius 2 is 1.96 bits per heavy atom. The standard InChI is InChI=1S/C17H17N7O/c1-11-4-5-15(6-12(11)2)24-8-14(7-18-24)16-9-23(22-20-16)10-17-19-13(3)25-21-17/h4-9H,10H2,1-3H3. The molecular weight excluding hydrogens is 318 g/mol. The van der Waals surface area contributed by atoms with Crippen LogP contribution < -0.4 is 0 Å². The second-order valence-corrected chi connectivity index (χ2v) is 5.97. The van der Waals surface area contributed by atoms with Crippen molar-refractivity contribution in [2.75, 3.05) is 0 Å². The lowest BCUT2D eigenvalue weighted by atomic mass is 10.1. The van der Waals surface area contributed by atoms with E-state index in [4.69, 9.17) is 4.52 Å². The molecule has 0 unspecified atom stereocenters. The van der Waals surface area contributed by atoms with Gasteiger partial charge in [-0.25, -0.2) is 9.36 Å². The van der Waals surface area contributed by atoms with Crippen molar-refractivity contribution in [3.63, 3.8) is 0 Å². The van der Waals surface area contributed by atoms with Crippen molar-refractivity contribution in [2.24, 2.45) is 0 Å². The van der Waals surface area contributed by atoms with Gasteiger partial charge in [0.15, 0.2) is 5.82 Å². The van der Waals surface area contributed by atoms with Crippen LogP contribution in [0.15, 0.2) is 41.3 Å². The maximum absolute atomic E-state index is 4.96. The first kappa shape index (κ1) is 15.3. The number of aromatic nitrogens is 7. The zero-order valence-electron chi connectivity index (χ0n) is 14.2. The lowest BCUT2D eigenvalue weighted by molar-refractivity contribution is 0.385. The molecule has 25 heavy (non-hydrogen) atoms. The molecule has 0 aliphatic rings. The van der Waals surface area contributed by atoms with Crippen molar-refractivity contribution in [3.8, 4) is 16.9 Å². The number of benzene rings is 1. The number of nitrogens with zero attached hydrogens (tertiary/aromatic N) is 7. The van der Waals surface area contributed by atoms with Crippen molar-refractivity contribution in [1.29, 1.82) is 0 Å². The topological polar surface area (TPSA) is 87.5 Å². The van der Waals surface area contributed by atoms with E-state index in [0.29, 0.717) is 18.3 Å². The van der Waals surface area contributed by atoms with Crippen molar-refractivity contribution >= 4 is 0 Å². The van der Waals surface area contributed by atoms with E-state index < -0.39 is 0 Å². The monoisotopic (exact) mass is 335 g/mol. The molecule has 0 aliphatic carbocycles. The molecule has 0 atom stereocenters. The smallest absolute Gasteiger partial charge is 0.223 e. The number of hydrogen-bond donors (Lipinski definition) is 0. The van der Waals surface area contributed by atoms with Gasteiger partial charge in [0.25, 0.3) is 0 Å². The molecule has 126 valence electrons. The molecule has 0 saturated carbocycles. The third-order valence-corrected chi connectivity index (χ3v) is 4.05. The molecule has 0 fully saturated rings. The normalized spacial score (nSPS) is 11.2. The lowest BCUT2D eigenvalue weighted by Gasteiger charge is -2.04. The summed E-state index contributed by atoms with van der Waals surface area (Å²) in [7, 11) is 0. The van der Waals surface area contributed by atoms with Crippen molar-refractivity contribution in [1.82, 2.24) is 34.9 Å². The summed E-state index contributed by atoms with van der Waals surface area (Å²) in [5, 5.41) is 16.6. The van der Waals surface area contributed by atoms with Crippen LogP contribution in [0, 0.1) is 20.8 Å². The fourth-order valence-corrected chi connectivity index (χ4v) is 2.52. The highest BCUT2D eigenvalue weighted by molar-refractivity contribution is 5.56. The Bertz CT molecular complexity index is 1030. The summed E-state index contributed by atoms with van der Waals surface area (Å²) < 4.78 is 8.47. The highest BCUT2D eigenvalue weighted by Gasteiger charge is 2.10. The first-order valence-corrected chi connectivity index (χ1v) is 7.90. The predicted molar refractivity (Wildman–Crippen MR) is 90.2 cm³/mol. The van der Waals surface area contributed by atoms with E-state index in [0.717, 1.165) is 16.9 Å². The highest BCUT2D eigenvalue weighted by atomic mass is 16.5. The van der Waals surface area contributed by atoms with Gasteiger partial charge in [-0.05, 0) is 37.1 Å². The van der Waals surface area contributed by atoms with E-state index in [1.807, 2.05) is 17.1 Å². The van der Waals surface area contributed by atoms with Crippen LogP contribution in [-0.2, 0) is 6.54 Å². The van der Waals surface area contributed by atoms with Crippen molar-refractivity contribution in [2.45, 2.75) is 27.3 Å². The number of aryl methyl sites for hydroxylation is 3. The summed E-state index contributed by atoms with van der Waals surface area (Å²) in [6.45, 7) is 6.35. The van der Waals surface area contributed by atoms with Crippen LogP contribution in [0.3, 0.4) is 0 Å². The lowest BCUT2D eigenvalue weighted by Crippen LogP contribution is -2.02. The van der Waals surface area contributed by atoms with Gasteiger partial charge in [-0.1, -0.05) is 16.4 Å².